The number of thiophene rings is 1. The molecule has 1 atom stereocenters. The van der Waals surface area contributed by atoms with Gasteiger partial charge in [0.25, 0.3) is 0 Å². The zero-order valence-electron chi connectivity index (χ0n) is 9.61. The number of hydrogen-bond donors (Lipinski definition) is 2. The van der Waals surface area contributed by atoms with Crippen LogP contribution in [0.3, 0.4) is 0 Å². The number of hydrogen-bond acceptors (Lipinski definition) is 3. The van der Waals surface area contributed by atoms with Gasteiger partial charge in [-0.25, -0.2) is 0 Å². The van der Waals surface area contributed by atoms with E-state index in [-0.39, 0.29) is 6.04 Å². The molecule has 1 aromatic heterocycles. The van der Waals surface area contributed by atoms with Crippen molar-refractivity contribution in [1.82, 2.24) is 5.43 Å². The Morgan fingerprint density at radius 2 is 2.18 bits per heavy atom. The van der Waals surface area contributed by atoms with Gasteiger partial charge in [0.05, 0.1) is 6.04 Å². The smallest absolute Gasteiger partial charge is 0.0509 e. The molecule has 0 aliphatic carbocycles. The first-order valence-corrected chi connectivity index (χ1v) is 6.71. The van der Waals surface area contributed by atoms with Crippen LogP contribution in [-0.2, 0) is 6.42 Å². The first-order chi connectivity index (χ1) is 8.20. The maximum absolute atomic E-state index is 6.15. The third kappa shape index (κ3) is 3.07. The van der Waals surface area contributed by atoms with E-state index in [1.807, 2.05) is 24.3 Å². The molecule has 2 rings (SSSR count). The average Bonchev–Trinajstić information content (AvgIpc) is 2.75. The molecule has 90 valence electrons. The lowest BCUT2D eigenvalue weighted by Crippen LogP contribution is -2.29. The van der Waals surface area contributed by atoms with Crippen LogP contribution in [0.15, 0.2) is 35.7 Å². The molecule has 3 N–H and O–H groups in total. The predicted octanol–water partition coefficient (Wildman–Crippen LogP) is 3.46. The van der Waals surface area contributed by atoms with Crippen molar-refractivity contribution in [3.05, 3.63) is 56.7 Å². The Bertz CT molecular complexity index is 496. The van der Waals surface area contributed by atoms with Crippen LogP contribution in [0.1, 0.15) is 22.0 Å². The average molecular weight is 267 g/mol. The summed E-state index contributed by atoms with van der Waals surface area (Å²) in [7, 11) is 0. The van der Waals surface area contributed by atoms with E-state index in [1.165, 1.54) is 10.4 Å². The second kappa shape index (κ2) is 5.65. The zero-order valence-corrected chi connectivity index (χ0v) is 11.2. The zero-order chi connectivity index (χ0) is 12.3. The van der Waals surface area contributed by atoms with E-state index < -0.39 is 0 Å². The van der Waals surface area contributed by atoms with Crippen LogP contribution in [0.4, 0.5) is 0 Å². The van der Waals surface area contributed by atoms with E-state index in [9.17, 15) is 0 Å². The molecule has 0 saturated heterocycles. The van der Waals surface area contributed by atoms with Crippen LogP contribution in [0.2, 0.25) is 5.02 Å². The van der Waals surface area contributed by atoms with Gasteiger partial charge in [-0.3, -0.25) is 11.3 Å². The topological polar surface area (TPSA) is 38.0 Å². The Balaban J connectivity index is 2.18. The summed E-state index contributed by atoms with van der Waals surface area (Å²) in [4.78, 5) is 1.29. The van der Waals surface area contributed by atoms with Crippen molar-refractivity contribution in [2.24, 2.45) is 5.84 Å². The van der Waals surface area contributed by atoms with Crippen LogP contribution in [0.25, 0.3) is 0 Å². The fourth-order valence-corrected chi connectivity index (χ4v) is 2.77. The fraction of sp³-hybridized carbons (Fsp3) is 0.231. The predicted molar refractivity (Wildman–Crippen MR) is 74.3 cm³/mol. The SMILES string of the molecule is Cc1cc(C(Cc2ccccc2Cl)NN)cs1. The quantitative estimate of drug-likeness (QED) is 0.657. The standard InChI is InChI=1S/C13H15ClN2S/c1-9-6-11(8-17-9)13(16-15)7-10-4-2-3-5-12(10)14/h2-6,8,13,16H,7,15H2,1H3. The maximum atomic E-state index is 6.15. The summed E-state index contributed by atoms with van der Waals surface area (Å²) in [5.74, 6) is 5.62. The summed E-state index contributed by atoms with van der Waals surface area (Å²) in [6, 6.07) is 10.1. The summed E-state index contributed by atoms with van der Waals surface area (Å²) < 4.78 is 0. The van der Waals surface area contributed by atoms with E-state index in [0.29, 0.717) is 0 Å². The number of rotatable bonds is 4. The van der Waals surface area contributed by atoms with Crippen molar-refractivity contribution in [3.63, 3.8) is 0 Å². The number of hydrazine groups is 1. The molecule has 17 heavy (non-hydrogen) atoms. The number of nitrogens with one attached hydrogen (secondary N) is 1. The summed E-state index contributed by atoms with van der Waals surface area (Å²) in [5, 5.41) is 2.93. The molecule has 2 nitrogen and oxygen atoms in total. The van der Waals surface area contributed by atoms with E-state index >= 15 is 0 Å². The highest BCUT2D eigenvalue weighted by Crippen LogP contribution is 2.25. The summed E-state index contributed by atoms with van der Waals surface area (Å²) >= 11 is 7.89. The fourth-order valence-electron chi connectivity index (χ4n) is 1.80. The summed E-state index contributed by atoms with van der Waals surface area (Å²) in [6.45, 7) is 2.09. The minimum absolute atomic E-state index is 0.111. The minimum atomic E-state index is 0.111. The van der Waals surface area contributed by atoms with Crippen LogP contribution in [0.5, 0.6) is 0 Å². The molecule has 0 radical (unpaired) electrons. The second-order valence-electron chi connectivity index (χ2n) is 4.01. The number of halogens is 1. The van der Waals surface area contributed by atoms with Gasteiger partial charge in [-0.1, -0.05) is 29.8 Å². The number of aryl methyl sites for hydroxylation is 1. The van der Waals surface area contributed by atoms with Crippen LogP contribution < -0.4 is 11.3 Å². The molecular weight excluding hydrogens is 252 g/mol. The van der Waals surface area contributed by atoms with E-state index in [1.54, 1.807) is 11.3 Å². The number of benzene rings is 1. The lowest BCUT2D eigenvalue weighted by Gasteiger charge is -2.15. The Labute approximate surface area is 110 Å². The lowest BCUT2D eigenvalue weighted by atomic mass is 10.0. The third-order valence-electron chi connectivity index (χ3n) is 2.74. The molecule has 0 bridgehead atoms. The van der Waals surface area contributed by atoms with Crippen LogP contribution >= 0.6 is 22.9 Å². The van der Waals surface area contributed by atoms with Gasteiger partial charge in [0.1, 0.15) is 0 Å². The highest BCUT2D eigenvalue weighted by atomic mass is 35.5. The Morgan fingerprint density at radius 1 is 1.41 bits per heavy atom. The normalized spacial score (nSPS) is 12.6. The van der Waals surface area contributed by atoms with Gasteiger partial charge in [0.15, 0.2) is 0 Å². The lowest BCUT2D eigenvalue weighted by molar-refractivity contribution is 0.553. The summed E-state index contributed by atoms with van der Waals surface area (Å²) in [5.41, 5.74) is 5.18. The maximum Gasteiger partial charge on any atom is 0.0509 e. The summed E-state index contributed by atoms with van der Waals surface area (Å²) in [6.07, 6.45) is 0.798. The van der Waals surface area contributed by atoms with Gasteiger partial charge in [-0.05, 0) is 42.0 Å². The van der Waals surface area contributed by atoms with Crippen molar-refractivity contribution in [3.8, 4) is 0 Å². The van der Waals surface area contributed by atoms with Gasteiger partial charge < -0.3 is 0 Å². The van der Waals surface area contributed by atoms with Gasteiger partial charge in [0, 0.05) is 9.90 Å². The molecule has 1 heterocycles. The highest BCUT2D eigenvalue weighted by Gasteiger charge is 2.13. The van der Waals surface area contributed by atoms with E-state index in [2.05, 4.69) is 23.8 Å². The molecule has 0 spiro atoms. The van der Waals surface area contributed by atoms with Gasteiger partial charge in [-0.2, -0.15) is 0 Å². The molecule has 0 fully saturated rings. The highest BCUT2D eigenvalue weighted by molar-refractivity contribution is 7.10. The van der Waals surface area contributed by atoms with Crippen molar-refractivity contribution >= 4 is 22.9 Å². The molecule has 2 aromatic rings. The van der Waals surface area contributed by atoms with E-state index in [0.717, 1.165) is 17.0 Å². The molecule has 0 aliphatic rings. The number of nitrogens with two attached hydrogens (primary N) is 1. The van der Waals surface area contributed by atoms with Crippen LogP contribution in [0, 0.1) is 6.92 Å². The van der Waals surface area contributed by atoms with Crippen molar-refractivity contribution < 1.29 is 0 Å². The Morgan fingerprint density at radius 3 is 2.76 bits per heavy atom. The monoisotopic (exact) mass is 266 g/mol. The molecule has 0 saturated carbocycles. The Kier molecular flexibility index (Phi) is 4.18. The molecule has 1 aromatic carbocycles. The van der Waals surface area contributed by atoms with E-state index in [4.69, 9.17) is 17.4 Å². The first-order valence-electron chi connectivity index (χ1n) is 5.45. The molecular formula is C13H15ClN2S. The van der Waals surface area contributed by atoms with Gasteiger partial charge in [-0.15, -0.1) is 11.3 Å². The van der Waals surface area contributed by atoms with Gasteiger partial charge >= 0.3 is 0 Å². The van der Waals surface area contributed by atoms with Crippen molar-refractivity contribution in [2.75, 3.05) is 0 Å². The molecule has 0 amide bonds. The first kappa shape index (κ1) is 12.6. The molecule has 0 aliphatic heterocycles. The van der Waals surface area contributed by atoms with Crippen LogP contribution in [-0.4, -0.2) is 0 Å². The van der Waals surface area contributed by atoms with Gasteiger partial charge in [0.2, 0.25) is 0 Å². The van der Waals surface area contributed by atoms with Crippen molar-refractivity contribution in [2.45, 2.75) is 19.4 Å². The molecule has 4 heteroatoms. The Hall–Kier alpha value is -0.870. The third-order valence-corrected chi connectivity index (χ3v) is 3.98. The largest absolute Gasteiger partial charge is 0.271 e. The van der Waals surface area contributed by atoms with Crippen molar-refractivity contribution in [1.29, 1.82) is 0 Å². The minimum Gasteiger partial charge on any atom is -0.271 e. The second-order valence-corrected chi connectivity index (χ2v) is 5.53. The molecule has 1 unspecified atom stereocenters.